The molecule has 32 heavy (non-hydrogen) atoms. The van der Waals surface area contributed by atoms with Crippen LogP contribution in [0.15, 0.2) is 59.6 Å². The summed E-state index contributed by atoms with van der Waals surface area (Å²) in [4.78, 5) is 18.5. The molecule has 3 N–H and O–H groups in total. The first-order chi connectivity index (χ1) is 15.7. The van der Waals surface area contributed by atoms with Crippen molar-refractivity contribution in [3.05, 3.63) is 65.7 Å². The molecule has 3 rings (SSSR count). The Labute approximate surface area is 191 Å². The van der Waals surface area contributed by atoms with Crippen LogP contribution in [0.5, 0.6) is 5.75 Å². The predicted molar refractivity (Wildman–Crippen MR) is 129 cm³/mol. The van der Waals surface area contributed by atoms with Crippen LogP contribution in [0.25, 0.3) is 0 Å². The lowest BCUT2D eigenvalue weighted by atomic mass is 10.2. The molecule has 1 aliphatic rings. The number of benzene rings is 2. The minimum Gasteiger partial charge on any atom is -0.484 e. The number of carbonyl (C=O) groups excluding carboxylic acids is 1. The van der Waals surface area contributed by atoms with Gasteiger partial charge in [-0.2, -0.15) is 0 Å². The lowest BCUT2D eigenvalue weighted by Crippen LogP contribution is -2.44. The Hall–Kier alpha value is -3.06. The van der Waals surface area contributed by atoms with Crippen molar-refractivity contribution in [3.8, 4) is 5.75 Å². The second-order valence-corrected chi connectivity index (χ2v) is 7.95. The Bertz CT molecular complexity index is 872. The molecule has 1 atom stereocenters. The number of likely N-dealkylation sites (N-methyl/N-ethyl adjacent to an activating group) is 1. The highest BCUT2D eigenvalue weighted by Gasteiger charge is 2.24. The fourth-order valence-electron chi connectivity index (χ4n) is 3.92. The number of nitrogens with zero attached hydrogens (tertiary/aromatic N) is 2. The van der Waals surface area contributed by atoms with Crippen molar-refractivity contribution >= 4 is 11.9 Å². The van der Waals surface area contributed by atoms with E-state index in [1.54, 1.807) is 7.05 Å². The number of likely N-dealkylation sites (tertiary alicyclic amines) is 1. The molecular formula is C25H35N5O2. The number of aliphatic imine (C=N–C) groups is 1. The number of guanidine groups is 1. The second kappa shape index (κ2) is 12.7. The van der Waals surface area contributed by atoms with Gasteiger partial charge in [-0.3, -0.25) is 14.7 Å². The summed E-state index contributed by atoms with van der Waals surface area (Å²) in [5.41, 5.74) is 2.42. The van der Waals surface area contributed by atoms with Gasteiger partial charge in [0, 0.05) is 39.3 Å². The molecular weight excluding hydrogens is 402 g/mol. The van der Waals surface area contributed by atoms with Crippen LogP contribution in [0.3, 0.4) is 0 Å². The van der Waals surface area contributed by atoms with E-state index in [0.29, 0.717) is 24.9 Å². The number of hydrogen-bond donors (Lipinski definition) is 3. The molecule has 1 unspecified atom stereocenters. The van der Waals surface area contributed by atoms with E-state index in [1.165, 1.54) is 18.4 Å². The molecule has 2 aromatic rings. The van der Waals surface area contributed by atoms with Gasteiger partial charge >= 0.3 is 0 Å². The highest BCUT2D eigenvalue weighted by molar-refractivity contribution is 5.79. The van der Waals surface area contributed by atoms with Crippen LogP contribution in [0.1, 0.15) is 30.9 Å². The van der Waals surface area contributed by atoms with Crippen LogP contribution in [-0.4, -0.2) is 56.1 Å². The molecule has 0 aromatic heterocycles. The number of rotatable bonds is 10. The molecule has 7 heteroatoms. The van der Waals surface area contributed by atoms with E-state index in [9.17, 15) is 4.79 Å². The van der Waals surface area contributed by atoms with Crippen molar-refractivity contribution in [2.45, 2.75) is 38.9 Å². The fourth-order valence-corrected chi connectivity index (χ4v) is 3.92. The Morgan fingerprint density at radius 3 is 2.69 bits per heavy atom. The number of nitrogens with one attached hydrogen (secondary N) is 3. The number of ether oxygens (including phenoxy) is 1. The van der Waals surface area contributed by atoms with Crippen LogP contribution < -0.4 is 20.7 Å². The molecule has 1 amide bonds. The van der Waals surface area contributed by atoms with E-state index >= 15 is 0 Å². The Kier molecular flexibility index (Phi) is 9.37. The molecule has 0 spiro atoms. The van der Waals surface area contributed by atoms with Gasteiger partial charge in [-0.25, -0.2) is 0 Å². The van der Waals surface area contributed by atoms with Gasteiger partial charge in [0.2, 0.25) is 0 Å². The van der Waals surface area contributed by atoms with Crippen molar-refractivity contribution in [2.75, 3.05) is 33.3 Å². The summed E-state index contributed by atoms with van der Waals surface area (Å²) in [5.74, 6) is 1.35. The average molecular weight is 438 g/mol. The van der Waals surface area contributed by atoms with Crippen LogP contribution in [0, 0.1) is 0 Å². The van der Waals surface area contributed by atoms with Crippen LogP contribution in [0.4, 0.5) is 0 Å². The summed E-state index contributed by atoms with van der Waals surface area (Å²) in [7, 11) is 1.79. The molecule has 1 saturated heterocycles. The van der Waals surface area contributed by atoms with Crippen molar-refractivity contribution in [1.29, 1.82) is 0 Å². The molecule has 172 valence electrons. The normalized spacial score (nSPS) is 16.6. The maximum atomic E-state index is 11.6. The molecule has 1 aliphatic heterocycles. The van der Waals surface area contributed by atoms with Gasteiger partial charge < -0.3 is 20.7 Å². The number of amides is 1. The molecule has 0 bridgehead atoms. The van der Waals surface area contributed by atoms with Crippen LogP contribution in [-0.2, 0) is 17.9 Å². The van der Waals surface area contributed by atoms with Gasteiger partial charge in [0.05, 0.1) is 0 Å². The molecule has 1 fully saturated rings. The van der Waals surface area contributed by atoms with Crippen molar-refractivity contribution in [3.63, 3.8) is 0 Å². The van der Waals surface area contributed by atoms with E-state index in [-0.39, 0.29) is 12.5 Å². The fraction of sp³-hybridized carbons (Fsp3) is 0.440. The van der Waals surface area contributed by atoms with Gasteiger partial charge in [-0.05, 0) is 49.6 Å². The zero-order valence-electron chi connectivity index (χ0n) is 19.1. The van der Waals surface area contributed by atoms with Gasteiger partial charge in [-0.1, -0.05) is 42.5 Å². The lowest BCUT2D eigenvalue weighted by molar-refractivity contribution is -0.122. The summed E-state index contributed by atoms with van der Waals surface area (Å²) in [5, 5.41) is 9.58. The summed E-state index contributed by atoms with van der Waals surface area (Å²) in [6, 6.07) is 18.9. The van der Waals surface area contributed by atoms with E-state index in [0.717, 1.165) is 31.2 Å². The SMILES string of the molecule is CCNC(=O)COc1cccc(CNC(=NC)NCC2CCCN2Cc2ccccc2)c1. The lowest BCUT2D eigenvalue weighted by Gasteiger charge is -2.25. The van der Waals surface area contributed by atoms with Gasteiger partial charge in [-0.15, -0.1) is 0 Å². The molecule has 1 heterocycles. The third kappa shape index (κ3) is 7.57. The quantitative estimate of drug-likeness (QED) is 0.393. The first-order valence-electron chi connectivity index (χ1n) is 11.4. The van der Waals surface area contributed by atoms with E-state index in [4.69, 9.17) is 4.74 Å². The minimum absolute atomic E-state index is 0.0226. The Balaban J connectivity index is 1.44. The maximum absolute atomic E-state index is 11.6. The highest BCUT2D eigenvalue weighted by atomic mass is 16.5. The standard InChI is InChI=1S/C25H35N5O2/c1-3-27-24(31)19-32-23-13-7-11-21(15-23)16-28-25(26-2)29-17-22-12-8-14-30(22)18-20-9-5-4-6-10-20/h4-7,9-11,13,15,22H,3,8,12,14,16-19H2,1-2H3,(H,27,31)(H2,26,28,29). The topological polar surface area (TPSA) is 78.0 Å². The Morgan fingerprint density at radius 1 is 1.09 bits per heavy atom. The molecule has 0 aliphatic carbocycles. The monoisotopic (exact) mass is 437 g/mol. The van der Waals surface area contributed by atoms with E-state index in [2.05, 4.69) is 56.2 Å². The highest BCUT2D eigenvalue weighted by Crippen LogP contribution is 2.19. The van der Waals surface area contributed by atoms with Crippen molar-refractivity contribution < 1.29 is 9.53 Å². The largest absolute Gasteiger partial charge is 0.484 e. The third-order valence-corrected chi connectivity index (χ3v) is 5.56. The van der Waals surface area contributed by atoms with Crippen molar-refractivity contribution in [1.82, 2.24) is 20.9 Å². The van der Waals surface area contributed by atoms with Crippen LogP contribution in [0.2, 0.25) is 0 Å². The van der Waals surface area contributed by atoms with Gasteiger partial charge in [0.15, 0.2) is 12.6 Å². The third-order valence-electron chi connectivity index (χ3n) is 5.56. The maximum Gasteiger partial charge on any atom is 0.257 e. The number of carbonyl (C=O) groups is 1. The van der Waals surface area contributed by atoms with Gasteiger partial charge in [0.25, 0.3) is 5.91 Å². The van der Waals surface area contributed by atoms with Crippen molar-refractivity contribution in [2.24, 2.45) is 4.99 Å². The average Bonchev–Trinajstić information content (AvgIpc) is 3.26. The second-order valence-electron chi connectivity index (χ2n) is 7.95. The summed E-state index contributed by atoms with van der Waals surface area (Å²) < 4.78 is 5.58. The minimum atomic E-state index is -0.117. The zero-order chi connectivity index (χ0) is 22.6. The molecule has 7 nitrogen and oxygen atoms in total. The molecule has 0 radical (unpaired) electrons. The molecule has 2 aromatic carbocycles. The van der Waals surface area contributed by atoms with E-state index in [1.807, 2.05) is 31.2 Å². The predicted octanol–water partition coefficient (Wildman–Crippen LogP) is 2.53. The van der Waals surface area contributed by atoms with Gasteiger partial charge in [0.1, 0.15) is 5.75 Å². The molecule has 0 saturated carbocycles. The first-order valence-corrected chi connectivity index (χ1v) is 11.4. The summed E-state index contributed by atoms with van der Waals surface area (Å²) in [6.45, 7) is 6.12. The zero-order valence-corrected chi connectivity index (χ0v) is 19.1. The summed E-state index contributed by atoms with van der Waals surface area (Å²) in [6.07, 6.45) is 2.43. The first kappa shape index (κ1) is 23.6. The number of hydrogen-bond acceptors (Lipinski definition) is 4. The van der Waals surface area contributed by atoms with Crippen LogP contribution >= 0.6 is 0 Å². The Morgan fingerprint density at radius 2 is 1.91 bits per heavy atom. The van der Waals surface area contributed by atoms with E-state index < -0.39 is 0 Å². The summed E-state index contributed by atoms with van der Waals surface area (Å²) >= 11 is 0. The smallest absolute Gasteiger partial charge is 0.257 e.